The molecular weight excluding hydrogens is 192 g/mol. The largest absolute Gasteiger partial charge is 0.369 e. The minimum Gasteiger partial charge on any atom is -0.369 e. The van der Waals surface area contributed by atoms with Crippen molar-refractivity contribution in [3.05, 3.63) is 0 Å². The number of fused-ring (bicyclic) bond motifs is 10. The van der Waals surface area contributed by atoms with Crippen LogP contribution in [0.3, 0.4) is 0 Å². The van der Waals surface area contributed by atoms with Gasteiger partial charge < -0.3 is 14.2 Å². The fraction of sp³-hybridized carbons (Fsp3) is 1.00. The van der Waals surface area contributed by atoms with Crippen molar-refractivity contribution in [1.82, 2.24) is 0 Å². The van der Waals surface area contributed by atoms with E-state index in [0.717, 1.165) is 23.7 Å². The summed E-state index contributed by atoms with van der Waals surface area (Å²) in [5, 5.41) is 0. The minimum atomic E-state index is 0.262. The van der Waals surface area contributed by atoms with Gasteiger partial charge >= 0.3 is 0 Å². The molecule has 0 spiro atoms. The van der Waals surface area contributed by atoms with Crippen LogP contribution in [-0.2, 0) is 14.2 Å². The van der Waals surface area contributed by atoms with Crippen molar-refractivity contribution in [1.29, 1.82) is 0 Å². The highest BCUT2D eigenvalue weighted by molar-refractivity contribution is 5.47. The van der Waals surface area contributed by atoms with E-state index >= 15 is 0 Å². The Balaban J connectivity index is 1.57. The van der Waals surface area contributed by atoms with Gasteiger partial charge in [-0.25, -0.2) is 0 Å². The lowest BCUT2D eigenvalue weighted by atomic mass is 9.71. The maximum atomic E-state index is 6.38. The van der Waals surface area contributed by atoms with Gasteiger partial charge in [-0.05, 0) is 12.8 Å². The molecule has 10 atom stereocenters. The monoisotopic (exact) mass is 204 g/mol. The smallest absolute Gasteiger partial charge is 0.109 e. The van der Waals surface area contributed by atoms with Gasteiger partial charge in [-0.15, -0.1) is 0 Å². The Morgan fingerprint density at radius 2 is 1.07 bits per heavy atom. The maximum Gasteiger partial charge on any atom is 0.109 e. The van der Waals surface area contributed by atoms with Crippen molar-refractivity contribution in [2.45, 2.75) is 48.5 Å². The van der Waals surface area contributed by atoms with Crippen LogP contribution in [0.2, 0.25) is 0 Å². The van der Waals surface area contributed by atoms with Gasteiger partial charge in [0.1, 0.15) is 11.2 Å². The minimum absolute atomic E-state index is 0.262. The van der Waals surface area contributed by atoms with E-state index in [1.54, 1.807) is 0 Å². The van der Waals surface area contributed by atoms with Crippen molar-refractivity contribution in [2.75, 3.05) is 0 Å². The molecule has 0 aromatic carbocycles. The van der Waals surface area contributed by atoms with Crippen molar-refractivity contribution >= 4 is 0 Å². The van der Waals surface area contributed by atoms with Crippen LogP contribution in [0.15, 0.2) is 0 Å². The van der Waals surface area contributed by atoms with Crippen LogP contribution in [0.1, 0.15) is 12.8 Å². The zero-order valence-corrected chi connectivity index (χ0v) is 8.26. The highest BCUT2D eigenvalue weighted by Gasteiger charge is 3.00. The van der Waals surface area contributed by atoms with Crippen LogP contribution < -0.4 is 0 Å². The van der Waals surface area contributed by atoms with Crippen LogP contribution in [0.5, 0.6) is 0 Å². The van der Waals surface area contributed by atoms with Crippen molar-refractivity contribution in [3.8, 4) is 0 Å². The third-order valence-electron chi connectivity index (χ3n) is 6.84. The first-order valence-electron chi connectivity index (χ1n) is 6.39. The summed E-state index contributed by atoms with van der Waals surface area (Å²) in [6.07, 6.45) is 5.15. The summed E-state index contributed by atoms with van der Waals surface area (Å²) in [5.74, 6) is 2.97. The molecule has 0 radical (unpaired) electrons. The number of rotatable bonds is 0. The van der Waals surface area contributed by atoms with Gasteiger partial charge in [0.05, 0.1) is 24.4 Å². The zero-order valence-electron chi connectivity index (χ0n) is 8.26. The number of ether oxygens (including phenoxy) is 3. The van der Waals surface area contributed by atoms with Crippen molar-refractivity contribution in [3.63, 3.8) is 0 Å². The molecule has 0 amide bonds. The van der Waals surface area contributed by atoms with Crippen molar-refractivity contribution < 1.29 is 14.2 Å². The average Bonchev–Trinajstić information content (AvgIpc) is 3.20. The normalized spacial score (nSPS) is 91.2. The summed E-state index contributed by atoms with van der Waals surface area (Å²) in [7, 11) is 0. The van der Waals surface area contributed by atoms with Crippen LogP contribution in [0.4, 0.5) is 0 Å². The number of epoxide rings is 3. The summed E-state index contributed by atoms with van der Waals surface area (Å²) in [5.41, 5.74) is 0.523. The van der Waals surface area contributed by atoms with Crippen LogP contribution in [-0.4, -0.2) is 35.6 Å². The third-order valence-corrected chi connectivity index (χ3v) is 6.84. The molecule has 0 N–H and O–H groups in total. The molecule has 3 heteroatoms. The molecular formula is C12H12O3. The first kappa shape index (κ1) is 6.58. The van der Waals surface area contributed by atoms with E-state index in [-0.39, 0.29) is 11.2 Å². The molecule has 78 valence electrons. The van der Waals surface area contributed by atoms with E-state index in [9.17, 15) is 0 Å². The van der Waals surface area contributed by atoms with E-state index < -0.39 is 0 Å². The molecule has 7 aliphatic rings. The summed E-state index contributed by atoms with van der Waals surface area (Å²) >= 11 is 0. The molecule has 4 saturated carbocycles. The van der Waals surface area contributed by atoms with Gasteiger partial charge in [-0.2, -0.15) is 0 Å². The lowest BCUT2D eigenvalue weighted by Gasteiger charge is -2.23. The molecule has 3 nitrogen and oxygen atoms in total. The van der Waals surface area contributed by atoms with Gasteiger partial charge in [0.25, 0.3) is 0 Å². The van der Waals surface area contributed by atoms with Gasteiger partial charge in [0, 0.05) is 23.7 Å². The summed E-state index contributed by atoms with van der Waals surface area (Å²) in [6, 6.07) is 0. The highest BCUT2D eigenvalue weighted by atomic mass is 16.7. The van der Waals surface area contributed by atoms with Gasteiger partial charge in [-0.1, -0.05) is 0 Å². The second-order valence-corrected chi connectivity index (χ2v) is 6.72. The molecule has 3 saturated heterocycles. The SMILES string of the molecule is C1[C@H]2[C@@H]3O[C@H]3[C@H]1C13OC21[C@H]1C[C@H]3[C@H]2O[C@H]21. The van der Waals surface area contributed by atoms with E-state index in [1.165, 1.54) is 12.8 Å². The van der Waals surface area contributed by atoms with Crippen LogP contribution in [0.25, 0.3) is 0 Å². The van der Waals surface area contributed by atoms with E-state index in [2.05, 4.69) is 0 Å². The molecule has 3 heterocycles. The second-order valence-electron chi connectivity index (χ2n) is 6.72. The quantitative estimate of drug-likeness (QED) is 0.534. The number of hydrogen-bond donors (Lipinski definition) is 0. The second kappa shape index (κ2) is 1.38. The molecule has 0 aromatic heterocycles. The van der Waals surface area contributed by atoms with Gasteiger partial charge in [-0.3, -0.25) is 0 Å². The summed E-state index contributed by atoms with van der Waals surface area (Å²) < 4.78 is 18.0. The Labute approximate surface area is 87.1 Å². The zero-order chi connectivity index (χ0) is 9.15. The Hall–Kier alpha value is -0.120. The molecule has 4 bridgehead atoms. The van der Waals surface area contributed by atoms with Crippen LogP contribution in [0, 0.1) is 23.7 Å². The molecule has 2 unspecified atom stereocenters. The van der Waals surface area contributed by atoms with Gasteiger partial charge in [0.2, 0.25) is 0 Å². The summed E-state index contributed by atoms with van der Waals surface area (Å²) in [4.78, 5) is 0. The molecule has 4 aliphatic carbocycles. The average molecular weight is 204 g/mol. The molecule has 0 aromatic rings. The van der Waals surface area contributed by atoms with E-state index in [1.807, 2.05) is 0 Å². The first-order valence-corrected chi connectivity index (χ1v) is 6.39. The predicted molar refractivity (Wildman–Crippen MR) is 47.1 cm³/mol. The first-order chi connectivity index (χ1) is 7.38. The number of hydrogen-bond acceptors (Lipinski definition) is 3. The lowest BCUT2D eigenvalue weighted by molar-refractivity contribution is 0.0135. The lowest BCUT2D eigenvalue weighted by Crippen LogP contribution is -2.44. The molecule has 15 heavy (non-hydrogen) atoms. The standard InChI is InChI=1S/C12H12O3/c1-3-7-8(13-7)4(1)12-6-2-5(9-10(6)14-9)11(3,12)15-12/h3-10H,1-2H2/t3-,4-,5-,6-,7-,8-,9-,10+,11?,12?/m0/s1. The maximum absolute atomic E-state index is 6.38. The Bertz CT molecular complexity index is 378. The van der Waals surface area contributed by atoms with Crippen LogP contribution >= 0.6 is 0 Å². The fourth-order valence-corrected chi connectivity index (χ4v) is 6.59. The molecule has 7 fully saturated rings. The molecule has 3 aliphatic heterocycles. The third kappa shape index (κ3) is 0.369. The Morgan fingerprint density at radius 3 is 1.47 bits per heavy atom. The Kier molecular flexibility index (Phi) is 0.604. The van der Waals surface area contributed by atoms with E-state index in [4.69, 9.17) is 14.2 Å². The van der Waals surface area contributed by atoms with Gasteiger partial charge in [0.15, 0.2) is 0 Å². The highest BCUT2D eigenvalue weighted by Crippen LogP contribution is 2.88. The molecule has 7 rings (SSSR count). The fourth-order valence-electron chi connectivity index (χ4n) is 6.59. The Morgan fingerprint density at radius 1 is 0.667 bits per heavy atom. The topological polar surface area (TPSA) is 37.6 Å². The van der Waals surface area contributed by atoms with Crippen molar-refractivity contribution in [2.24, 2.45) is 23.7 Å². The summed E-state index contributed by atoms with van der Waals surface area (Å²) in [6.45, 7) is 0. The predicted octanol–water partition coefficient (Wildman–Crippen LogP) is 0.328. The van der Waals surface area contributed by atoms with E-state index in [0.29, 0.717) is 24.4 Å².